The van der Waals surface area contributed by atoms with Gasteiger partial charge < -0.3 is 5.32 Å². The van der Waals surface area contributed by atoms with E-state index in [-0.39, 0.29) is 21.0 Å². The summed E-state index contributed by atoms with van der Waals surface area (Å²) < 4.78 is 51.9. The van der Waals surface area contributed by atoms with Gasteiger partial charge in [-0.1, -0.05) is 11.6 Å². The molecule has 2 rings (SSSR count). The standard InChI is InChI=1S/C12H6BrClF4N2/c13-6-3-8(12(16,17)18)11(19-5-6)20-7-1-2-10(15)9(14)4-7/h1-5H,(H,19,20). The topological polar surface area (TPSA) is 24.9 Å². The number of hydrogen-bond acceptors (Lipinski definition) is 2. The van der Waals surface area contributed by atoms with Crippen LogP contribution in [0.3, 0.4) is 0 Å². The second kappa shape index (κ2) is 5.57. The number of anilines is 2. The van der Waals surface area contributed by atoms with Crippen LogP contribution in [0.4, 0.5) is 29.1 Å². The van der Waals surface area contributed by atoms with Crippen molar-refractivity contribution in [3.63, 3.8) is 0 Å². The Hall–Kier alpha value is -1.34. The second-order valence-corrected chi connectivity index (χ2v) is 5.12. The van der Waals surface area contributed by atoms with Crippen LogP contribution in [0, 0.1) is 5.82 Å². The van der Waals surface area contributed by atoms with Crippen LogP contribution >= 0.6 is 27.5 Å². The molecule has 0 aliphatic heterocycles. The van der Waals surface area contributed by atoms with Crippen molar-refractivity contribution in [3.8, 4) is 0 Å². The molecule has 0 unspecified atom stereocenters. The summed E-state index contributed by atoms with van der Waals surface area (Å²) in [6, 6.07) is 4.41. The summed E-state index contributed by atoms with van der Waals surface area (Å²) in [4.78, 5) is 3.68. The predicted octanol–water partition coefficient (Wildman–Crippen LogP) is 5.40. The van der Waals surface area contributed by atoms with Crippen LogP contribution in [-0.4, -0.2) is 4.98 Å². The van der Waals surface area contributed by atoms with Crippen molar-refractivity contribution in [2.75, 3.05) is 5.32 Å². The SMILES string of the molecule is Fc1ccc(Nc2ncc(Br)cc2C(F)(F)F)cc1Cl. The molecule has 1 aromatic heterocycles. The molecule has 1 heterocycles. The summed E-state index contributed by atoms with van der Waals surface area (Å²) in [6.07, 6.45) is -3.34. The normalized spacial score (nSPS) is 11.5. The van der Waals surface area contributed by atoms with Gasteiger partial charge in [0.05, 0.1) is 10.6 Å². The van der Waals surface area contributed by atoms with Gasteiger partial charge in [-0.2, -0.15) is 13.2 Å². The zero-order chi connectivity index (χ0) is 14.9. The van der Waals surface area contributed by atoms with Crippen molar-refractivity contribution in [2.45, 2.75) is 6.18 Å². The summed E-state index contributed by atoms with van der Waals surface area (Å²) in [6.45, 7) is 0. The molecule has 0 bridgehead atoms. The molecule has 1 aromatic carbocycles. The first-order valence-electron chi connectivity index (χ1n) is 5.22. The highest BCUT2D eigenvalue weighted by Crippen LogP contribution is 2.36. The number of aromatic nitrogens is 1. The van der Waals surface area contributed by atoms with Crippen molar-refractivity contribution < 1.29 is 17.6 Å². The second-order valence-electron chi connectivity index (χ2n) is 3.80. The van der Waals surface area contributed by atoms with E-state index < -0.39 is 17.6 Å². The molecule has 0 spiro atoms. The average molecular weight is 370 g/mol. The van der Waals surface area contributed by atoms with Crippen LogP contribution in [-0.2, 0) is 6.18 Å². The van der Waals surface area contributed by atoms with E-state index in [1.165, 1.54) is 18.3 Å². The first kappa shape index (κ1) is 15.1. The number of nitrogens with one attached hydrogen (secondary N) is 1. The molecule has 1 N–H and O–H groups in total. The summed E-state index contributed by atoms with van der Waals surface area (Å²) in [5.74, 6) is -1.04. The van der Waals surface area contributed by atoms with Crippen LogP contribution in [0.1, 0.15) is 5.56 Å². The van der Waals surface area contributed by atoms with Gasteiger partial charge in [0, 0.05) is 16.4 Å². The number of nitrogens with zero attached hydrogens (tertiary/aromatic N) is 1. The Morgan fingerprint density at radius 3 is 2.50 bits per heavy atom. The zero-order valence-electron chi connectivity index (χ0n) is 9.60. The van der Waals surface area contributed by atoms with Gasteiger partial charge >= 0.3 is 6.18 Å². The Labute approximate surface area is 124 Å². The summed E-state index contributed by atoms with van der Waals surface area (Å²) in [5, 5.41) is 2.28. The van der Waals surface area contributed by atoms with Gasteiger partial charge in [-0.05, 0) is 40.2 Å². The van der Waals surface area contributed by atoms with Crippen LogP contribution in [0.2, 0.25) is 5.02 Å². The minimum absolute atomic E-state index is 0.194. The molecule has 0 aliphatic rings. The molecule has 20 heavy (non-hydrogen) atoms. The Kier molecular flexibility index (Phi) is 4.19. The predicted molar refractivity (Wildman–Crippen MR) is 71.6 cm³/mol. The fourth-order valence-electron chi connectivity index (χ4n) is 1.47. The van der Waals surface area contributed by atoms with Crippen molar-refractivity contribution in [2.24, 2.45) is 0 Å². The maximum absolute atomic E-state index is 13.0. The molecule has 0 amide bonds. The lowest BCUT2D eigenvalue weighted by molar-refractivity contribution is -0.137. The molecule has 0 fully saturated rings. The molecule has 0 atom stereocenters. The van der Waals surface area contributed by atoms with Gasteiger partial charge in [0.1, 0.15) is 11.6 Å². The number of halogens is 6. The summed E-state index contributed by atoms with van der Waals surface area (Å²) in [5.41, 5.74) is -0.732. The molecule has 2 aromatic rings. The molecule has 0 radical (unpaired) electrons. The molecular formula is C12H6BrClF4N2. The third kappa shape index (κ3) is 3.40. The minimum Gasteiger partial charge on any atom is -0.340 e. The van der Waals surface area contributed by atoms with Gasteiger partial charge in [-0.25, -0.2) is 9.37 Å². The summed E-state index contributed by atoms with van der Waals surface area (Å²) >= 11 is 8.50. The van der Waals surface area contributed by atoms with Gasteiger partial charge in [0.25, 0.3) is 0 Å². The van der Waals surface area contributed by atoms with Crippen LogP contribution in [0.15, 0.2) is 34.9 Å². The first-order chi connectivity index (χ1) is 9.27. The highest BCUT2D eigenvalue weighted by atomic mass is 79.9. The largest absolute Gasteiger partial charge is 0.420 e. The molecule has 2 nitrogen and oxygen atoms in total. The first-order valence-corrected chi connectivity index (χ1v) is 6.39. The van der Waals surface area contributed by atoms with E-state index in [1.807, 2.05) is 0 Å². The van der Waals surface area contributed by atoms with Crippen molar-refractivity contribution >= 4 is 39.0 Å². The van der Waals surface area contributed by atoms with E-state index in [2.05, 4.69) is 26.2 Å². The number of pyridine rings is 1. The van der Waals surface area contributed by atoms with E-state index in [0.29, 0.717) is 0 Å². The summed E-state index contributed by atoms with van der Waals surface area (Å²) in [7, 11) is 0. The smallest absolute Gasteiger partial charge is 0.340 e. The van der Waals surface area contributed by atoms with Crippen LogP contribution < -0.4 is 5.32 Å². The van der Waals surface area contributed by atoms with Crippen LogP contribution in [0.25, 0.3) is 0 Å². The van der Waals surface area contributed by atoms with Crippen molar-refractivity contribution in [1.29, 1.82) is 0 Å². The fourth-order valence-corrected chi connectivity index (χ4v) is 1.98. The Bertz CT molecular complexity index is 646. The lowest BCUT2D eigenvalue weighted by atomic mass is 10.2. The van der Waals surface area contributed by atoms with Gasteiger partial charge in [-0.3, -0.25) is 0 Å². The Balaban J connectivity index is 2.40. The molecule has 8 heteroatoms. The maximum atomic E-state index is 13.0. The Morgan fingerprint density at radius 1 is 1.20 bits per heavy atom. The molecule has 106 valence electrons. The number of hydrogen-bond donors (Lipinski definition) is 1. The van der Waals surface area contributed by atoms with E-state index in [1.54, 1.807) is 0 Å². The van der Waals surface area contributed by atoms with Crippen molar-refractivity contribution in [3.05, 3.63) is 51.3 Å². The molecule has 0 saturated carbocycles. The fraction of sp³-hybridized carbons (Fsp3) is 0.0833. The van der Waals surface area contributed by atoms with Crippen LogP contribution in [0.5, 0.6) is 0 Å². The quantitative estimate of drug-likeness (QED) is 0.717. The van der Waals surface area contributed by atoms with Gasteiger partial charge in [0.2, 0.25) is 0 Å². The maximum Gasteiger partial charge on any atom is 0.420 e. The Morgan fingerprint density at radius 2 is 1.90 bits per heavy atom. The third-order valence-electron chi connectivity index (χ3n) is 2.34. The lowest BCUT2D eigenvalue weighted by Crippen LogP contribution is -2.10. The van der Waals surface area contributed by atoms with Gasteiger partial charge in [0.15, 0.2) is 0 Å². The number of benzene rings is 1. The average Bonchev–Trinajstić information content (AvgIpc) is 2.35. The van der Waals surface area contributed by atoms with E-state index in [4.69, 9.17) is 11.6 Å². The zero-order valence-corrected chi connectivity index (χ0v) is 11.9. The minimum atomic E-state index is -4.57. The van der Waals surface area contributed by atoms with E-state index in [0.717, 1.165) is 12.1 Å². The van der Waals surface area contributed by atoms with E-state index in [9.17, 15) is 17.6 Å². The molecule has 0 saturated heterocycles. The number of rotatable bonds is 2. The highest BCUT2D eigenvalue weighted by molar-refractivity contribution is 9.10. The van der Waals surface area contributed by atoms with Gasteiger partial charge in [-0.15, -0.1) is 0 Å². The molecule has 0 aliphatic carbocycles. The lowest BCUT2D eigenvalue weighted by Gasteiger charge is -2.14. The monoisotopic (exact) mass is 368 g/mol. The van der Waals surface area contributed by atoms with E-state index >= 15 is 0 Å². The number of alkyl halides is 3. The van der Waals surface area contributed by atoms with Crippen molar-refractivity contribution in [1.82, 2.24) is 4.98 Å². The highest BCUT2D eigenvalue weighted by Gasteiger charge is 2.34. The third-order valence-corrected chi connectivity index (χ3v) is 3.07. The molecular weight excluding hydrogens is 363 g/mol.